The van der Waals surface area contributed by atoms with Gasteiger partial charge in [-0.05, 0) is 32.5 Å². The van der Waals surface area contributed by atoms with Gasteiger partial charge >= 0.3 is 0 Å². The second kappa shape index (κ2) is 10.8. The van der Waals surface area contributed by atoms with Gasteiger partial charge in [-0.2, -0.15) is 5.10 Å². The van der Waals surface area contributed by atoms with E-state index in [4.69, 9.17) is 5.10 Å². The summed E-state index contributed by atoms with van der Waals surface area (Å²) in [6.45, 7) is 0. The lowest BCUT2D eigenvalue weighted by atomic mass is 9.89. The molecule has 0 amide bonds. The Morgan fingerprint density at radius 2 is 0.975 bits per heavy atom. The van der Waals surface area contributed by atoms with Crippen LogP contribution in [0.25, 0.3) is 44.3 Å². The largest absolute Gasteiger partial charge is 0.277 e. The molecular formula is C37H27N2P. The van der Waals surface area contributed by atoms with Gasteiger partial charge in [-0.25, -0.2) is 0 Å². The molecule has 190 valence electrons. The van der Waals surface area contributed by atoms with E-state index < -0.39 is 7.92 Å². The summed E-state index contributed by atoms with van der Waals surface area (Å²) in [5.74, 6) is 0. The van der Waals surface area contributed by atoms with Crippen molar-refractivity contribution in [2.24, 2.45) is 0 Å². The van der Waals surface area contributed by atoms with Crippen LogP contribution in [0.2, 0.25) is 0 Å². The van der Waals surface area contributed by atoms with Gasteiger partial charge in [-0.1, -0.05) is 158 Å². The fourth-order valence-corrected chi connectivity index (χ4v) is 7.82. The van der Waals surface area contributed by atoms with Crippen molar-refractivity contribution in [2.75, 3.05) is 0 Å². The molecule has 0 spiro atoms. The van der Waals surface area contributed by atoms with E-state index in [-0.39, 0.29) is 0 Å². The van der Waals surface area contributed by atoms with Crippen molar-refractivity contribution >= 4 is 34.7 Å². The minimum Gasteiger partial charge on any atom is -0.277 e. The molecule has 0 aliphatic carbocycles. The monoisotopic (exact) mass is 530 g/mol. The first-order valence-electron chi connectivity index (χ1n) is 13.5. The highest BCUT2D eigenvalue weighted by atomic mass is 31.1. The second-order valence-corrected chi connectivity index (χ2v) is 11.9. The lowest BCUT2D eigenvalue weighted by Crippen LogP contribution is -2.23. The zero-order valence-corrected chi connectivity index (χ0v) is 22.8. The van der Waals surface area contributed by atoms with Crippen LogP contribution in [0, 0.1) is 0 Å². The fourth-order valence-electron chi connectivity index (χ4n) is 5.49. The highest BCUT2D eigenvalue weighted by Crippen LogP contribution is 2.45. The first kappa shape index (κ1) is 24.3. The zero-order valence-electron chi connectivity index (χ0n) is 21.9. The Bertz CT molecular complexity index is 1840. The van der Waals surface area contributed by atoms with Gasteiger partial charge in [0.25, 0.3) is 0 Å². The molecule has 0 saturated heterocycles. The number of benzene rings is 6. The maximum atomic E-state index is 5.17. The van der Waals surface area contributed by atoms with Gasteiger partial charge in [0.2, 0.25) is 0 Å². The molecule has 40 heavy (non-hydrogen) atoms. The van der Waals surface area contributed by atoms with Gasteiger partial charge < -0.3 is 0 Å². The van der Waals surface area contributed by atoms with E-state index in [0.29, 0.717) is 0 Å². The Balaban J connectivity index is 1.61. The van der Waals surface area contributed by atoms with E-state index in [9.17, 15) is 0 Å². The third-order valence-electron chi connectivity index (χ3n) is 7.31. The average molecular weight is 531 g/mol. The number of aromatic amines is 1. The molecule has 0 unspecified atom stereocenters. The topological polar surface area (TPSA) is 28.7 Å². The molecule has 0 saturated carbocycles. The SMILES string of the molecule is c1ccc(-c2ccc3ccccc3c2-c2c(P(c3ccccc3)c3ccccc3)n[nH]c2-c2ccccc2)cc1. The van der Waals surface area contributed by atoms with Crippen LogP contribution >= 0.6 is 7.92 Å². The van der Waals surface area contributed by atoms with E-state index in [2.05, 4.69) is 163 Å². The van der Waals surface area contributed by atoms with Crippen LogP contribution in [-0.4, -0.2) is 10.2 Å². The van der Waals surface area contributed by atoms with Crippen LogP contribution in [0.5, 0.6) is 0 Å². The van der Waals surface area contributed by atoms with E-state index in [1.807, 2.05) is 0 Å². The number of nitrogens with one attached hydrogen (secondary N) is 1. The van der Waals surface area contributed by atoms with E-state index >= 15 is 0 Å². The van der Waals surface area contributed by atoms with Crippen molar-refractivity contribution in [2.45, 2.75) is 0 Å². The minimum atomic E-state index is -0.939. The number of aromatic nitrogens is 2. The van der Waals surface area contributed by atoms with Gasteiger partial charge in [-0.15, -0.1) is 0 Å². The van der Waals surface area contributed by atoms with Crippen molar-refractivity contribution in [3.05, 3.63) is 158 Å². The molecule has 0 aliphatic rings. The van der Waals surface area contributed by atoms with Crippen molar-refractivity contribution in [1.29, 1.82) is 0 Å². The van der Waals surface area contributed by atoms with Crippen molar-refractivity contribution in [3.63, 3.8) is 0 Å². The summed E-state index contributed by atoms with van der Waals surface area (Å²) < 4.78 is 0. The number of H-pyrrole nitrogens is 1. The molecule has 3 heteroatoms. The maximum absolute atomic E-state index is 5.17. The predicted octanol–water partition coefficient (Wildman–Crippen LogP) is 8.32. The summed E-state index contributed by atoms with van der Waals surface area (Å²) in [6.07, 6.45) is 0. The van der Waals surface area contributed by atoms with Crippen LogP contribution in [-0.2, 0) is 0 Å². The van der Waals surface area contributed by atoms with E-state index in [0.717, 1.165) is 16.7 Å². The molecular weight excluding hydrogens is 503 g/mol. The molecule has 0 radical (unpaired) electrons. The Labute approximate surface area is 235 Å². The molecule has 7 rings (SSSR count). The van der Waals surface area contributed by atoms with Crippen molar-refractivity contribution in [1.82, 2.24) is 10.2 Å². The van der Waals surface area contributed by atoms with Crippen LogP contribution < -0.4 is 16.0 Å². The third kappa shape index (κ3) is 4.43. The van der Waals surface area contributed by atoms with Gasteiger partial charge in [0, 0.05) is 24.6 Å². The Kier molecular flexibility index (Phi) is 6.53. The van der Waals surface area contributed by atoms with Crippen LogP contribution in [0.15, 0.2) is 158 Å². The lowest BCUT2D eigenvalue weighted by molar-refractivity contribution is 1.12. The van der Waals surface area contributed by atoms with Gasteiger partial charge in [0.15, 0.2) is 0 Å². The van der Waals surface area contributed by atoms with Crippen LogP contribution in [0.3, 0.4) is 0 Å². The normalized spacial score (nSPS) is 11.2. The summed E-state index contributed by atoms with van der Waals surface area (Å²) in [5.41, 5.74) is 8.03. The molecule has 7 aromatic rings. The minimum absolute atomic E-state index is 0.939. The molecule has 2 nitrogen and oxygen atoms in total. The van der Waals surface area contributed by atoms with Crippen LogP contribution in [0.4, 0.5) is 0 Å². The molecule has 1 heterocycles. The molecule has 6 aromatic carbocycles. The fraction of sp³-hybridized carbons (Fsp3) is 0. The number of rotatable bonds is 6. The Hall–Kier alpha value is -4.78. The summed E-state index contributed by atoms with van der Waals surface area (Å²) in [4.78, 5) is 0. The summed E-state index contributed by atoms with van der Waals surface area (Å²) in [7, 11) is -0.939. The quantitative estimate of drug-likeness (QED) is 0.215. The maximum Gasteiger partial charge on any atom is 0.102 e. The summed E-state index contributed by atoms with van der Waals surface area (Å²) >= 11 is 0. The lowest BCUT2D eigenvalue weighted by Gasteiger charge is -2.21. The third-order valence-corrected chi connectivity index (χ3v) is 9.69. The average Bonchev–Trinajstić information content (AvgIpc) is 3.46. The standard InChI is InChI=1S/C37H27N2P/c1-5-15-27(16-6-1)33-26-25-28-17-13-14-24-32(28)34(33)35-36(29-18-7-2-8-19-29)38-39-37(35)40(30-20-9-3-10-21-30)31-22-11-4-12-23-31/h1-26H,(H,38,39). The van der Waals surface area contributed by atoms with Crippen molar-refractivity contribution in [3.8, 4) is 33.5 Å². The van der Waals surface area contributed by atoms with Gasteiger partial charge in [-0.3, -0.25) is 5.10 Å². The van der Waals surface area contributed by atoms with Gasteiger partial charge in [0.05, 0.1) is 5.69 Å². The first-order chi connectivity index (χ1) is 19.9. The number of nitrogens with zero attached hydrogens (tertiary/aromatic N) is 1. The smallest absolute Gasteiger partial charge is 0.102 e. The molecule has 0 aliphatic heterocycles. The number of hydrogen-bond donors (Lipinski definition) is 1. The van der Waals surface area contributed by atoms with Gasteiger partial charge in [0.1, 0.15) is 5.44 Å². The Morgan fingerprint density at radius 1 is 0.450 bits per heavy atom. The first-order valence-corrected chi connectivity index (χ1v) is 14.8. The van der Waals surface area contributed by atoms with E-state index in [1.165, 1.54) is 43.6 Å². The molecule has 0 bridgehead atoms. The highest BCUT2D eigenvalue weighted by molar-refractivity contribution is 7.79. The van der Waals surface area contributed by atoms with Crippen molar-refractivity contribution < 1.29 is 0 Å². The molecule has 0 fully saturated rings. The predicted molar refractivity (Wildman–Crippen MR) is 171 cm³/mol. The van der Waals surface area contributed by atoms with E-state index in [1.54, 1.807) is 0 Å². The molecule has 0 atom stereocenters. The number of fused-ring (bicyclic) bond motifs is 1. The van der Waals surface area contributed by atoms with Crippen LogP contribution in [0.1, 0.15) is 0 Å². The second-order valence-electron chi connectivity index (χ2n) is 9.75. The number of hydrogen-bond acceptors (Lipinski definition) is 1. The highest BCUT2D eigenvalue weighted by Gasteiger charge is 2.28. The Morgan fingerprint density at radius 3 is 1.60 bits per heavy atom. The molecule has 1 N–H and O–H groups in total. The zero-order chi connectivity index (χ0) is 26.7. The summed E-state index contributed by atoms with van der Waals surface area (Å²) in [6, 6.07) is 56.1. The molecule has 1 aromatic heterocycles. The summed E-state index contributed by atoms with van der Waals surface area (Å²) in [5, 5.41) is 13.7.